The molecule has 3 saturated heterocycles. The molecule has 3 aliphatic rings. The van der Waals surface area contributed by atoms with Gasteiger partial charge in [-0.05, 0) is 142 Å². The molecule has 0 spiro atoms. The quantitative estimate of drug-likeness (QED) is 0.191. The van der Waals surface area contributed by atoms with Gasteiger partial charge in [-0.1, -0.05) is 84.5 Å². The standard InChI is InChI=1S/C69H104ClIN12O13/c1-17-20-24-49-63(90)81(15)69(8,9)68(95)74-51(33-41(4)5)62(89)79(13)55(66(93)82-30-22-21-23-31-82)39-57(85)78(12)52(19-3)60(87)75-58(42(6)18-2)67(94)77(11)43(7)61(88)83-32-29-53(83)65(92)80(14)54(37-44-25-27-48(96-16)28-26-44)64(91)76(10)40-56(84)72-50(59(86)73-49)36-45-34-46(70)38-47(71)35-45/h25-28,34-35,38,41-43,49-55,58H,17-24,29-33,36-37,39-40H2,1-16H3,(H,72,84)(H,73,86)(H,74,95)(H,75,87)/t42-,43-,49-,50-,51-,52-,53-,54-,55-,58-/m0/s1. The fourth-order valence-corrected chi connectivity index (χ4v) is 13.4. The van der Waals surface area contributed by atoms with Crippen LogP contribution in [-0.4, -0.2) is 246 Å². The summed E-state index contributed by atoms with van der Waals surface area (Å²) in [5, 5.41) is 11.8. The first-order valence-electron chi connectivity index (χ1n) is 33.6. The van der Waals surface area contributed by atoms with E-state index < -0.39 is 150 Å². The summed E-state index contributed by atoms with van der Waals surface area (Å²) in [6, 6.07) is 0.848. The van der Waals surface area contributed by atoms with E-state index in [1.165, 1.54) is 99.6 Å². The van der Waals surface area contributed by atoms with Crippen molar-refractivity contribution in [3.05, 3.63) is 62.2 Å². The zero-order chi connectivity index (χ0) is 71.8. The van der Waals surface area contributed by atoms with E-state index in [1.807, 2.05) is 27.7 Å². The van der Waals surface area contributed by atoms with E-state index in [4.69, 9.17) is 16.3 Å². The predicted octanol–water partition coefficient (Wildman–Crippen LogP) is 4.41. The van der Waals surface area contributed by atoms with Crippen LogP contribution in [0.25, 0.3) is 0 Å². The molecule has 12 amide bonds. The summed E-state index contributed by atoms with van der Waals surface area (Å²) >= 11 is 8.60. The average molecular weight is 1470 g/mol. The number of benzene rings is 2. The summed E-state index contributed by atoms with van der Waals surface area (Å²) < 4.78 is 6.11. The molecule has 25 nitrogen and oxygen atoms in total. The summed E-state index contributed by atoms with van der Waals surface area (Å²) in [5.41, 5.74) is -0.523. The number of nitrogens with zero attached hydrogens (tertiary/aromatic N) is 8. The van der Waals surface area contributed by atoms with Gasteiger partial charge in [0.25, 0.3) is 0 Å². The number of amides is 12. The Morgan fingerprint density at radius 3 is 1.89 bits per heavy atom. The molecule has 10 atom stereocenters. The van der Waals surface area contributed by atoms with Gasteiger partial charge >= 0.3 is 0 Å². The van der Waals surface area contributed by atoms with Crippen molar-refractivity contribution in [2.24, 2.45) is 11.8 Å². The smallest absolute Gasteiger partial charge is 0.246 e. The fraction of sp³-hybridized carbons (Fsp3) is 0.652. The van der Waals surface area contributed by atoms with Crippen molar-refractivity contribution in [3.63, 3.8) is 0 Å². The highest BCUT2D eigenvalue weighted by Crippen LogP contribution is 2.27. The highest BCUT2D eigenvalue weighted by Gasteiger charge is 2.47. The van der Waals surface area contributed by atoms with Crippen molar-refractivity contribution in [1.29, 1.82) is 0 Å². The normalized spacial score (nSPS) is 25.6. The SMILES string of the molecule is CCCC[C@@H]1NC(=O)[C@H](Cc2cc(Cl)cc(I)c2)NC(=O)CN(C)C(=O)[C@H](Cc2ccc(OC)cc2)N(C)C(=O)[C@@H]2CCN2C(=O)[C@H](C)N(C)C(=O)[C@H]([C@@H](C)CC)NC(=O)[C@H](CC)N(C)C(=O)C[C@@H](C(=O)N2CCCCC2)N(C)C(=O)[C@H](CC(C)C)NC(=O)C(C)(C)N(C)C1=O. The molecule has 0 radical (unpaired) electrons. The van der Waals surface area contributed by atoms with Crippen LogP contribution in [0.15, 0.2) is 42.5 Å². The summed E-state index contributed by atoms with van der Waals surface area (Å²) in [6.45, 7) is 15.7. The average Bonchev–Trinajstić information content (AvgIpc) is 0.786. The molecular formula is C69H104ClIN12O13. The van der Waals surface area contributed by atoms with Crippen molar-refractivity contribution in [2.75, 3.05) is 75.6 Å². The number of nitrogens with one attached hydrogen (secondary N) is 4. The highest BCUT2D eigenvalue weighted by atomic mass is 127. The van der Waals surface area contributed by atoms with Gasteiger partial charge in [0.15, 0.2) is 0 Å². The topological polar surface area (TPSA) is 288 Å². The zero-order valence-electron chi connectivity index (χ0n) is 59.1. The summed E-state index contributed by atoms with van der Waals surface area (Å²) in [7, 11) is 9.97. The summed E-state index contributed by atoms with van der Waals surface area (Å²) in [4.78, 5) is 188. The van der Waals surface area contributed by atoms with Gasteiger partial charge in [-0.2, -0.15) is 0 Å². The number of likely N-dealkylation sites (tertiary alicyclic amines) is 1. The van der Waals surface area contributed by atoms with Crippen molar-refractivity contribution >= 4 is 105 Å². The predicted molar refractivity (Wildman–Crippen MR) is 373 cm³/mol. The molecule has 96 heavy (non-hydrogen) atoms. The van der Waals surface area contributed by atoms with Gasteiger partial charge in [-0.15, -0.1) is 0 Å². The maximum atomic E-state index is 15.1. The van der Waals surface area contributed by atoms with E-state index in [9.17, 15) is 52.7 Å². The molecule has 4 N–H and O–H groups in total. The molecule has 5 rings (SSSR count). The largest absolute Gasteiger partial charge is 0.497 e. The lowest BCUT2D eigenvalue weighted by atomic mass is 9.95. The van der Waals surface area contributed by atoms with Crippen LogP contribution < -0.4 is 26.0 Å². The van der Waals surface area contributed by atoms with Crippen LogP contribution in [0, 0.1) is 15.4 Å². The second kappa shape index (κ2) is 35.9. The molecule has 3 fully saturated rings. The number of carbonyl (C=O) groups excluding carboxylic acids is 12. The summed E-state index contributed by atoms with van der Waals surface area (Å²) in [6.07, 6.45) is 3.50. The Kier molecular flexibility index (Phi) is 29.8. The van der Waals surface area contributed by atoms with E-state index in [0.717, 1.165) is 14.9 Å². The van der Waals surface area contributed by atoms with Crippen LogP contribution in [0.1, 0.15) is 144 Å². The Labute approximate surface area is 585 Å². The Balaban J connectivity index is 1.63. The van der Waals surface area contributed by atoms with E-state index in [-0.39, 0.29) is 51.0 Å². The van der Waals surface area contributed by atoms with Gasteiger partial charge in [0.05, 0.1) is 20.1 Å². The molecule has 2 aromatic rings. The molecule has 0 unspecified atom stereocenters. The van der Waals surface area contributed by atoms with Crippen LogP contribution in [0.2, 0.25) is 5.02 Å². The third-order valence-corrected chi connectivity index (χ3v) is 20.1. The van der Waals surface area contributed by atoms with Gasteiger partial charge in [0.2, 0.25) is 70.9 Å². The van der Waals surface area contributed by atoms with Crippen molar-refractivity contribution in [3.8, 4) is 5.75 Å². The zero-order valence-corrected chi connectivity index (χ0v) is 62.0. The van der Waals surface area contributed by atoms with E-state index in [2.05, 4.69) is 43.9 Å². The molecule has 2 aromatic carbocycles. The van der Waals surface area contributed by atoms with Crippen molar-refractivity contribution < 1.29 is 62.3 Å². The fourth-order valence-electron chi connectivity index (χ4n) is 12.2. The molecule has 0 saturated carbocycles. The van der Waals surface area contributed by atoms with Gasteiger partial charge in [-0.25, -0.2) is 0 Å². The summed E-state index contributed by atoms with van der Waals surface area (Å²) in [5.74, 6) is -8.07. The number of piperidine rings is 1. The Bertz CT molecular complexity index is 3110. The van der Waals surface area contributed by atoms with Crippen molar-refractivity contribution in [2.45, 2.75) is 206 Å². The molecule has 27 heteroatoms. The third kappa shape index (κ3) is 20.3. The molecular weight excluding hydrogens is 1370 g/mol. The van der Waals surface area contributed by atoms with Crippen molar-refractivity contribution in [1.82, 2.24) is 60.5 Å². The lowest BCUT2D eigenvalue weighted by Crippen LogP contribution is -2.65. The van der Waals surface area contributed by atoms with Crippen LogP contribution >= 0.6 is 34.2 Å². The molecule has 0 aliphatic carbocycles. The monoisotopic (exact) mass is 1470 g/mol. The number of hydrogen-bond acceptors (Lipinski definition) is 13. The lowest BCUT2D eigenvalue weighted by Gasteiger charge is -2.45. The van der Waals surface area contributed by atoms with Gasteiger partial charge in [0, 0.05) is 83.4 Å². The number of unbranched alkanes of at least 4 members (excludes halogenated alkanes) is 1. The number of methoxy groups -OCH3 is 1. The lowest BCUT2D eigenvalue weighted by molar-refractivity contribution is -0.160. The van der Waals surface area contributed by atoms with Crippen LogP contribution in [0.4, 0.5) is 0 Å². The Hall–Kier alpha value is -7.10. The van der Waals surface area contributed by atoms with Gasteiger partial charge < -0.3 is 65.2 Å². The molecule has 532 valence electrons. The van der Waals surface area contributed by atoms with E-state index in [1.54, 1.807) is 61.2 Å². The minimum absolute atomic E-state index is 0.0393. The van der Waals surface area contributed by atoms with Crippen LogP contribution in [-0.2, 0) is 70.4 Å². The number of ether oxygens (including phenoxy) is 1. The molecule has 3 aliphatic heterocycles. The van der Waals surface area contributed by atoms with Crippen LogP contribution in [0.3, 0.4) is 0 Å². The second-order valence-electron chi connectivity index (χ2n) is 26.9. The minimum Gasteiger partial charge on any atom is -0.497 e. The maximum absolute atomic E-state index is 15.1. The maximum Gasteiger partial charge on any atom is 0.246 e. The molecule has 0 bridgehead atoms. The number of carbonyl (C=O) groups is 12. The highest BCUT2D eigenvalue weighted by molar-refractivity contribution is 14.1. The number of fused-ring (bicyclic) bond motifs is 1. The van der Waals surface area contributed by atoms with Gasteiger partial charge in [0.1, 0.15) is 65.7 Å². The Morgan fingerprint density at radius 2 is 1.32 bits per heavy atom. The number of hydrogen-bond donors (Lipinski definition) is 4. The first kappa shape index (κ1) is 79.6. The first-order valence-corrected chi connectivity index (χ1v) is 35.1. The number of rotatable bonds is 14. The Morgan fingerprint density at radius 1 is 0.677 bits per heavy atom. The number of halogens is 2. The third-order valence-electron chi connectivity index (χ3n) is 19.3. The first-order chi connectivity index (χ1) is 45.1. The molecule has 0 aromatic heterocycles. The minimum atomic E-state index is -1.71. The van der Waals surface area contributed by atoms with Gasteiger partial charge in [-0.3, -0.25) is 57.5 Å². The second-order valence-corrected chi connectivity index (χ2v) is 28.6. The van der Waals surface area contributed by atoms with Crippen LogP contribution in [0.5, 0.6) is 5.75 Å². The van der Waals surface area contributed by atoms with E-state index >= 15 is 4.79 Å². The van der Waals surface area contributed by atoms with E-state index in [0.29, 0.717) is 67.1 Å². The molecule has 3 heterocycles. The number of likely N-dealkylation sites (N-methyl/N-ethyl adjacent to an activating group) is 6.